The van der Waals surface area contributed by atoms with E-state index in [0.717, 1.165) is 19.3 Å². The van der Waals surface area contributed by atoms with Crippen LogP contribution in [0.25, 0.3) is 0 Å². The van der Waals surface area contributed by atoms with Gasteiger partial charge in [-0.3, -0.25) is 4.79 Å². The van der Waals surface area contributed by atoms with Crippen molar-refractivity contribution in [3.63, 3.8) is 0 Å². The predicted octanol–water partition coefficient (Wildman–Crippen LogP) is 3.84. The molecule has 1 aliphatic rings. The molecule has 1 aromatic rings. The number of carbonyl (C=O) groups is 3. The van der Waals surface area contributed by atoms with E-state index in [9.17, 15) is 14.4 Å². The number of esters is 1. The van der Waals surface area contributed by atoms with Crippen LogP contribution in [-0.2, 0) is 14.3 Å². The van der Waals surface area contributed by atoms with Crippen molar-refractivity contribution in [3.05, 3.63) is 29.8 Å². The lowest BCUT2D eigenvalue weighted by atomic mass is 9.92. The van der Waals surface area contributed by atoms with Crippen molar-refractivity contribution in [1.29, 1.82) is 0 Å². The van der Waals surface area contributed by atoms with Crippen LogP contribution in [0.15, 0.2) is 24.3 Å². The fraction of sp³-hybridized carbons (Fsp3) is 0.571. The number of nitrogens with one attached hydrogen (secondary N) is 1. The van der Waals surface area contributed by atoms with Gasteiger partial charge in [-0.1, -0.05) is 0 Å². The van der Waals surface area contributed by atoms with Gasteiger partial charge in [0.05, 0.1) is 12.7 Å². The molecule has 7 nitrogen and oxygen atoms in total. The van der Waals surface area contributed by atoms with Gasteiger partial charge in [0.1, 0.15) is 5.60 Å². The number of rotatable bonds is 5. The van der Waals surface area contributed by atoms with Gasteiger partial charge in [-0.05, 0) is 70.2 Å². The van der Waals surface area contributed by atoms with Crippen LogP contribution in [0.5, 0.6) is 0 Å². The Balaban J connectivity index is 1.71. The van der Waals surface area contributed by atoms with Crippen molar-refractivity contribution in [3.8, 4) is 0 Å². The molecule has 0 radical (unpaired) electrons. The summed E-state index contributed by atoms with van der Waals surface area (Å²) in [6, 6.07) is 6.61. The molecule has 2 rings (SSSR count). The zero-order valence-electron chi connectivity index (χ0n) is 17.1. The van der Waals surface area contributed by atoms with E-state index in [2.05, 4.69) is 10.1 Å². The van der Waals surface area contributed by atoms with Crippen molar-refractivity contribution in [2.24, 2.45) is 5.92 Å². The van der Waals surface area contributed by atoms with Crippen LogP contribution < -0.4 is 5.32 Å². The lowest BCUT2D eigenvalue weighted by Crippen LogP contribution is -2.41. The third kappa shape index (κ3) is 6.87. The van der Waals surface area contributed by atoms with Crippen molar-refractivity contribution in [2.45, 2.75) is 52.1 Å². The first kappa shape index (κ1) is 21.7. The zero-order chi connectivity index (χ0) is 20.7. The standard InChI is InChI=1S/C21H30N2O5/c1-21(2,3)28-20(26)23-13-11-15(12-14-23)5-10-18(24)22-17-8-6-16(7-9-17)19(25)27-4/h6-9,15H,5,10-14H2,1-4H3,(H,22,24). The van der Waals surface area contributed by atoms with Crippen molar-refractivity contribution < 1.29 is 23.9 Å². The maximum absolute atomic E-state index is 12.2. The SMILES string of the molecule is COC(=O)c1ccc(NC(=O)CCC2CCN(C(=O)OC(C)(C)C)CC2)cc1. The molecule has 28 heavy (non-hydrogen) atoms. The number of nitrogens with zero attached hydrogens (tertiary/aromatic N) is 1. The quantitative estimate of drug-likeness (QED) is 0.772. The normalized spacial score (nSPS) is 15.1. The summed E-state index contributed by atoms with van der Waals surface area (Å²) in [5.74, 6) is -0.0397. The molecule has 0 spiro atoms. The largest absolute Gasteiger partial charge is 0.465 e. The van der Waals surface area contributed by atoms with Crippen LogP contribution in [0.4, 0.5) is 10.5 Å². The highest BCUT2D eigenvalue weighted by Crippen LogP contribution is 2.23. The first-order valence-corrected chi connectivity index (χ1v) is 9.64. The molecule has 1 aliphatic heterocycles. The molecular weight excluding hydrogens is 360 g/mol. The van der Waals surface area contributed by atoms with E-state index in [4.69, 9.17) is 4.74 Å². The van der Waals surface area contributed by atoms with Gasteiger partial charge in [0.25, 0.3) is 0 Å². The number of hydrogen-bond acceptors (Lipinski definition) is 5. The van der Waals surface area contributed by atoms with Gasteiger partial charge in [-0.2, -0.15) is 0 Å². The van der Waals surface area contributed by atoms with Crippen LogP contribution in [0.3, 0.4) is 0 Å². The number of likely N-dealkylation sites (tertiary alicyclic amines) is 1. The molecule has 1 aromatic carbocycles. The summed E-state index contributed by atoms with van der Waals surface area (Å²) < 4.78 is 10.1. The van der Waals surface area contributed by atoms with Crippen molar-refractivity contribution in [2.75, 3.05) is 25.5 Å². The van der Waals surface area contributed by atoms with Gasteiger partial charge in [0.2, 0.25) is 5.91 Å². The smallest absolute Gasteiger partial charge is 0.410 e. The molecule has 1 N–H and O–H groups in total. The van der Waals surface area contributed by atoms with Crippen LogP contribution in [0.1, 0.15) is 56.8 Å². The Morgan fingerprint density at radius 1 is 1.11 bits per heavy atom. The maximum Gasteiger partial charge on any atom is 0.410 e. The van der Waals surface area contributed by atoms with E-state index in [-0.39, 0.29) is 12.0 Å². The molecule has 154 valence electrons. The Morgan fingerprint density at radius 2 is 1.71 bits per heavy atom. The van der Waals surface area contributed by atoms with Crippen molar-refractivity contribution >= 4 is 23.7 Å². The molecule has 1 saturated heterocycles. The number of anilines is 1. The third-order valence-corrected chi connectivity index (χ3v) is 4.64. The Labute approximate surface area is 166 Å². The average Bonchev–Trinajstić information content (AvgIpc) is 2.65. The Kier molecular flexibility index (Phi) is 7.43. The number of benzene rings is 1. The second-order valence-electron chi connectivity index (χ2n) is 8.07. The molecule has 1 heterocycles. The topological polar surface area (TPSA) is 84.9 Å². The monoisotopic (exact) mass is 390 g/mol. The second kappa shape index (κ2) is 9.57. The van der Waals surface area contributed by atoms with Crippen LogP contribution in [0, 0.1) is 5.92 Å². The lowest BCUT2D eigenvalue weighted by Gasteiger charge is -2.33. The number of amides is 2. The summed E-state index contributed by atoms with van der Waals surface area (Å²) in [5, 5.41) is 2.84. The third-order valence-electron chi connectivity index (χ3n) is 4.64. The molecule has 0 aromatic heterocycles. The van der Waals surface area contributed by atoms with Crippen molar-refractivity contribution in [1.82, 2.24) is 4.90 Å². The van der Waals surface area contributed by atoms with E-state index < -0.39 is 11.6 Å². The minimum absolute atomic E-state index is 0.0552. The molecule has 1 fully saturated rings. The van der Waals surface area contributed by atoms with E-state index in [1.54, 1.807) is 29.2 Å². The average molecular weight is 390 g/mol. The molecular formula is C21H30N2O5. The van der Waals surface area contributed by atoms with E-state index in [0.29, 0.717) is 36.7 Å². The summed E-state index contributed by atoms with van der Waals surface area (Å²) in [7, 11) is 1.33. The first-order chi connectivity index (χ1) is 13.2. The van der Waals surface area contributed by atoms with Crippen LogP contribution >= 0.6 is 0 Å². The van der Waals surface area contributed by atoms with Gasteiger partial charge >= 0.3 is 12.1 Å². The molecule has 0 aliphatic carbocycles. The minimum Gasteiger partial charge on any atom is -0.465 e. The van der Waals surface area contributed by atoms with E-state index >= 15 is 0 Å². The van der Waals surface area contributed by atoms with Gasteiger partial charge in [-0.15, -0.1) is 0 Å². The summed E-state index contributed by atoms with van der Waals surface area (Å²) in [5.41, 5.74) is 0.607. The summed E-state index contributed by atoms with van der Waals surface area (Å²) in [4.78, 5) is 37.4. The first-order valence-electron chi connectivity index (χ1n) is 9.64. The Hall–Kier alpha value is -2.57. The van der Waals surface area contributed by atoms with Crippen LogP contribution in [-0.4, -0.2) is 48.7 Å². The molecule has 0 bridgehead atoms. The number of hydrogen-bond donors (Lipinski definition) is 1. The summed E-state index contributed by atoms with van der Waals surface area (Å²) in [6.45, 7) is 6.91. The lowest BCUT2D eigenvalue weighted by molar-refractivity contribution is -0.116. The van der Waals surface area contributed by atoms with Gasteiger partial charge < -0.3 is 19.7 Å². The number of ether oxygens (including phenoxy) is 2. The van der Waals surface area contributed by atoms with Gasteiger partial charge in [-0.25, -0.2) is 9.59 Å². The van der Waals surface area contributed by atoms with Gasteiger partial charge in [0, 0.05) is 25.2 Å². The molecule has 7 heteroatoms. The maximum atomic E-state index is 12.2. The number of carbonyl (C=O) groups excluding carboxylic acids is 3. The zero-order valence-corrected chi connectivity index (χ0v) is 17.1. The number of piperidine rings is 1. The van der Waals surface area contributed by atoms with Gasteiger partial charge in [0.15, 0.2) is 0 Å². The molecule has 0 saturated carbocycles. The fourth-order valence-corrected chi connectivity index (χ4v) is 3.10. The number of methoxy groups -OCH3 is 1. The Morgan fingerprint density at radius 3 is 2.25 bits per heavy atom. The molecule has 0 atom stereocenters. The predicted molar refractivity (Wildman–Crippen MR) is 106 cm³/mol. The second-order valence-corrected chi connectivity index (χ2v) is 8.07. The highest BCUT2D eigenvalue weighted by Gasteiger charge is 2.27. The molecule has 0 unspecified atom stereocenters. The molecule has 2 amide bonds. The van der Waals surface area contributed by atoms with E-state index in [1.165, 1.54) is 7.11 Å². The fourth-order valence-electron chi connectivity index (χ4n) is 3.10. The Bertz CT molecular complexity index is 686. The van der Waals surface area contributed by atoms with Crippen LogP contribution in [0.2, 0.25) is 0 Å². The van der Waals surface area contributed by atoms with E-state index in [1.807, 2.05) is 20.8 Å². The highest BCUT2D eigenvalue weighted by molar-refractivity contribution is 5.93. The minimum atomic E-state index is -0.485. The highest BCUT2D eigenvalue weighted by atomic mass is 16.6. The summed E-state index contributed by atoms with van der Waals surface area (Å²) in [6.07, 6.45) is 2.70. The summed E-state index contributed by atoms with van der Waals surface area (Å²) >= 11 is 0.